The average molecular weight is 320 g/mol. The maximum atomic E-state index is 12.4. The van der Waals surface area contributed by atoms with Crippen LogP contribution in [-0.4, -0.2) is 30.1 Å². The van der Waals surface area contributed by atoms with Crippen molar-refractivity contribution in [3.8, 4) is 0 Å². The minimum atomic E-state index is -0.597. The van der Waals surface area contributed by atoms with Gasteiger partial charge in [0.2, 0.25) is 0 Å². The minimum Gasteiger partial charge on any atom is -0.462 e. The van der Waals surface area contributed by atoms with Gasteiger partial charge in [-0.25, -0.2) is 9.79 Å². The molecule has 5 nitrogen and oxygen atoms in total. The van der Waals surface area contributed by atoms with Crippen molar-refractivity contribution >= 4 is 29.5 Å². The highest BCUT2D eigenvalue weighted by molar-refractivity contribution is 7.98. The summed E-state index contributed by atoms with van der Waals surface area (Å²) in [5.74, 6) is -0.963. The van der Waals surface area contributed by atoms with Gasteiger partial charge in [-0.3, -0.25) is 4.79 Å². The van der Waals surface area contributed by atoms with Crippen molar-refractivity contribution in [1.82, 2.24) is 5.32 Å². The summed E-state index contributed by atoms with van der Waals surface area (Å²) in [7, 11) is 0. The maximum absolute atomic E-state index is 12.4. The molecule has 1 aliphatic rings. The van der Waals surface area contributed by atoms with Crippen molar-refractivity contribution < 1.29 is 14.3 Å². The third-order valence-corrected chi connectivity index (χ3v) is 4.16. The van der Waals surface area contributed by atoms with Crippen LogP contribution in [0, 0.1) is 5.92 Å². The van der Waals surface area contributed by atoms with E-state index in [0.717, 1.165) is 10.5 Å². The highest BCUT2D eigenvalue weighted by Gasteiger charge is 2.38. The van der Waals surface area contributed by atoms with E-state index in [0.29, 0.717) is 5.71 Å². The Balaban J connectivity index is 2.34. The number of ether oxygens (including phenoxy) is 1. The van der Waals surface area contributed by atoms with E-state index >= 15 is 0 Å². The van der Waals surface area contributed by atoms with E-state index in [2.05, 4.69) is 10.3 Å². The van der Waals surface area contributed by atoms with Crippen LogP contribution in [0.1, 0.15) is 32.4 Å². The SMILES string of the molecule is CSc1ccc(C2NC(=O)N=C(C)C2C(=O)OC(C)C)cc1. The van der Waals surface area contributed by atoms with Crippen LogP contribution in [0.25, 0.3) is 0 Å². The van der Waals surface area contributed by atoms with Gasteiger partial charge in [0, 0.05) is 10.6 Å². The lowest BCUT2D eigenvalue weighted by Gasteiger charge is -2.30. The molecule has 0 radical (unpaired) electrons. The van der Waals surface area contributed by atoms with Gasteiger partial charge in [-0.2, -0.15) is 0 Å². The molecule has 0 aliphatic carbocycles. The summed E-state index contributed by atoms with van der Waals surface area (Å²) in [4.78, 5) is 29.1. The van der Waals surface area contributed by atoms with Gasteiger partial charge < -0.3 is 10.1 Å². The first-order valence-corrected chi connectivity index (χ1v) is 8.35. The summed E-state index contributed by atoms with van der Waals surface area (Å²) >= 11 is 1.64. The highest BCUT2D eigenvalue weighted by Crippen LogP contribution is 2.29. The van der Waals surface area contributed by atoms with E-state index in [4.69, 9.17) is 4.74 Å². The molecule has 0 bridgehead atoms. The number of urea groups is 1. The smallest absolute Gasteiger partial charge is 0.341 e. The monoisotopic (exact) mass is 320 g/mol. The first-order chi connectivity index (χ1) is 10.4. The van der Waals surface area contributed by atoms with E-state index in [1.165, 1.54) is 0 Å². The quantitative estimate of drug-likeness (QED) is 0.683. The fraction of sp³-hybridized carbons (Fsp3) is 0.438. The molecule has 2 rings (SSSR count). The van der Waals surface area contributed by atoms with Gasteiger partial charge in [-0.05, 0) is 44.7 Å². The Labute approximate surface area is 134 Å². The van der Waals surface area contributed by atoms with Gasteiger partial charge in [0.05, 0.1) is 12.1 Å². The molecule has 0 spiro atoms. The Morgan fingerprint density at radius 3 is 2.50 bits per heavy atom. The Morgan fingerprint density at radius 2 is 1.95 bits per heavy atom. The standard InChI is InChI=1S/C16H20N2O3S/c1-9(2)21-15(19)13-10(3)17-16(20)18-14(13)11-5-7-12(22-4)8-6-11/h5-9,13-14H,1-4H3,(H,18,20). The van der Waals surface area contributed by atoms with E-state index < -0.39 is 18.0 Å². The molecule has 2 atom stereocenters. The number of amides is 2. The summed E-state index contributed by atoms with van der Waals surface area (Å²) in [6.07, 6.45) is 1.79. The molecule has 0 saturated heterocycles. The Kier molecular flexibility index (Phi) is 5.24. The first kappa shape index (κ1) is 16.5. The number of nitrogens with one attached hydrogen (secondary N) is 1. The molecule has 1 heterocycles. The predicted octanol–water partition coefficient (Wildman–Crippen LogP) is 3.20. The van der Waals surface area contributed by atoms with Crippen LogP contribution in [0.5, 0.6) is 0 Å². The molecule has 1 aliphatic heterocycles. The largest absolute Gasteiger partial charge is 0.462 e. The van der Waals surface area contributed by atoms with Gasteiger partial charge in [0.15, 0.2) is 0 Å². The maximum Gasteiger partial charge on any atom is 0.341 e. The van der Waals surface area contributed by atoms with Crippen LogP contribution >= 0.6 is 11.8 Å². The molecule has 2 amide bonds. The lowest BCUT2D eigenvalue weighted by Crippen LogP contribution is -2.44. The lowest BCUT2D eigenvalue weighted by molar-refractivity contribution is -0.150. The second kappa shape index (κ2) is 6.96. The van der Waals surface area contributed by atoms with Gasteiger partial charge in [-0.1, -0.05) is 12.1 Å². The van der Waals surface area contributed by atoms with Gasteiger partial charge in [0.1, 0.15) is 5.92 Å². The molecular formula is C16H20N2O3S. The molecule has 0 saturated carbocycles. The molecule has 118 valence electrons. The number of nitrogens with zero attached hydrogens (tertiary/aromatic N) is 1. The van der Waals surface area contributed by atoms with E-state index in [-0.39, 0.29) is 12.1 Å². The summed E-state index contributed by atoms with van der Waals surface area (Å²) in [5, 5.41) is 2.77. The summed E-state index contributed by atoms with van der Waals surface area (Å²) < 4.78 is 5.32. The molecule has 1 N–H and O–H groups in total. The predicted molar refractivity (Wildman–Crippen MR) is 87.3 cm³/mol. The van der Waals surface area contributed by atoms with Crippen molar-refractivity contribution in [3.63, 3.8) is 0 Å². The Hall–Kier alpha value is -1.82. The molecule has 1 aromatic carbocycles. The van der Waals surface area contributed by atoms with Crippen LogP contribution < -0.4 is 5.32 Å². The van der Waals surface area contributed by atoms with Crippen molar-refractivity contribution in [2.24, 2.45) is 10.9 Å². The number of aliphatic imine (C=N–C) groups is 1. The number of carbonyl (C=O) groups is 2. The number of hydrogen-bond acceptors (Lipinski definition) is 4. The average Bonchev–Trinajstić information content (AvgIpc) is 2.45. The number of esters is 1. The zero-order chi connectivity index (χ0) is 16.3. The third-order valence-electron chi connectivity index (χ3n) is 3.42. The highest BCUT2D eigenvalue weighted by atomic mass is 32.2. The summed E-state index contributed by atoms with van der Waals surface area (Å²) in [6.45, 7) is 5.29. The Bertz CT molecular complexity index is 596. The number of benzene rings is 1. The van der Waals surface area contributed by atoms with Crippen LogP contribution in [0.15, 0.2) is 34.2 Å². The van der Waals surface area contributed by atoms with Gasteiger partial charge in [-0.15, -0.1) is 11.8 Å². The van der Waals surface area contributed by atoms with Crippen molar-refractivity contribution in [3.05, 3.63) is 29.8 Å². The molecular weight excluding hydrogens is 300 g/mol. The fourth-order valence-corrected chi connectivity index (χ4v) is 2.83. The zero-order valence-corrected chi connectivity index (χ0v) is 13.9. The topological polar surface area (TPSA) is 67.8 Å². The molecule has 22 heavy (non-hydrogen) atoms. The van der Waals surface area contributed by atoms with Crippen LogP contribution in [0.4, 0.5) is 4.79 Å². The number of thioether (sulfide) groups is 1. The number of hydrogen-bond donors (Lipinski definition) is 1. The minimum absolute atomic E-state index is 0.211. The van der Waals surface area contributed by atoms with Crippen molar-refractivity contribution in [2.45, 2.75) is 37.8 Å². The van der Waals surface area contributed by atoms with Crippen molar-refractivity contribution in [1.29, 1.82) is 0 Å². The van der Waals surface area contributed by atoms with Gasteiger partial charge >= 0.3 is 12.0 Å². The molecule has 0 fully saturated rings. The van der Waals surface area contributed by atoms with Crippen LogP contribution in [0.2, 0.25) is 0 Å². The number of carbonyl (C=O) groups excluding carboxylic acids is 2. The Morgan fingerprint density at radius 1 is 1.32 bits per heavy atom. The van der Waals surface area contributed by atoms with E-state index in [1.807, 2.05) is 30.5 Å². The third kappa shape index (κ3) is 3.68. The lowest BCUT2D eigenvalue weighted by atomic mass is 9.88. The second-order valence-electron chi connectivity index (χ2n) is 5.42. The molecule has 2 unspecified atom stereocenters. The molecule has 6 heteroatoms. The molecule has 1 aromatic rings. The summed E-state index contributed by atoms with van der Waals surface area (Å²) in [5.41, 5.74) is 1.35. The second-order valence-corrected chi connectivity index (χ2v) is 6.30. The van der Waals surface area contributed by atoms with E-state index in [1.54, 1.807) is 32.5 Å². The van der Waals surface area contributed by atoms with Crippen molar-refractivity contribution in [2.75, 3.05) is 6.26 Å². The van der Waals surface area contributed by atoms with E-state index in [9.17, 15) is 9.59 Å². The van der Waals surface area contributed by atoms with Crippen LogP contribution in [0.3, 0.4) is 0 Å². The first-order valence-electron chi connectivity index (χ1n) is 7.12. The zero-order valence-electron chi connectivity index (χ0n) is 13.1. The normalized spacial score (nSPS) is 21.3. The van der Waals surface area contributed by atoms with Crippen LogP contribution in [-0.2, 0) is 9.53 Å². The molecule has 0 aromatic heterocycles. The van der Waals surface area contributed by atoms with Gasteiger partial charge in [0.25, 0.3) is 0 Å². The fourth-order valence-electron chi connectivity index (χ4n) is 2.42. The number of rotatable bonds is 4. The summed E-state index contributed by atoms with van der Waals surface area (Å²) in [6, 6.07) is 6.91.